The molecule has 2 unspecified atom stereocenters. The second-order valence-electron chi connectivity index (χ2n) is 6.90. The van der Waals surface area contributed by atoms with E-state index < -0.39 is 0 Å². The Morgan fingerprint density at radius 1 is 1.09 bits per heavy atom. The summed E-state index contributed by atoms with van der Waals surface area (Å²) in [6.07, 6.45) is 2.64. The number of methoxy groups -OCH3 is 1. The number of ether oxygens (including phenoxy) is 1. The lowest BCUT2D eigenvalue weighted by atomic mass is 10.0. The number of nitrogens with zero attached hydrogens (tertiary/aromatic N) is 1. The van der Waals surface area contributed by atoms with Crippen LogP contribution in [0.15, 0.2) is 54.6 Å². The van der Waals surface area contributed by atoms with Gasteiger partial charge in [0, 0.05) is 18.1 Å². The Morgan fingerprint density at radius 2 is 1.82 bits per heavy atom. The highest BCUT2D eigenvalue weighted by Gasteiger charge is 2.61. The van der Waals surface area contributed by atoms with Crippen LogP contribution in [-0.4, -0.2) is 17.5 Å². The van der Waals surface area contributed by atoms with Gasteiger partial charge in [-0.05, 0) is 48.9 Å². The van der Waals surface area contributed by atoms with Crippen molar-refractivity contribution in [3.8, 4) is 5.75 Å². The van der Waals surface area contributed by atoms with Crippen LogP contribution in [0.2, 0.25) is 0 Å². The van der Waals surface area contributed by atoms with Gasteiger partial charge < -0.3 is 4.74 Å². The molecule has 4 rings (SSSR count). The lowest BCUT2D eigenvalue weighted by Crippen LogP contribution is -2.34. The molecular formula is C20H23NO. The largest absolute Gasteiger partial charge is 0.497 e. The summed E-state index contributed by atoms with van der Waals surface area (Å²) in [7, 11) is 1.72. The maximum absolute atomic E-state index is 5.29. The van der Waals surface area contributed by atoms with E-state index in [2.05, 4.69) is 66.4 Å². The summed E-state index contributed by atoms with van der Waals surface area (Å²) in [6.45, 7) is 3.48. The molecule has 2 nitrogen and oxygen atoms in total. The summed E-state index contributed by atoms with van der Waals surface area (Å²) in [6, 6.07) is 20.0. The van der Waals surface area contributed by atoms with E-state index in [-0.39, 0.29) is 0 Å². The van der Waals surface area contributed by atoms with Crippen molar-refractivity contribution in [3.63, 3.8) is 0 Å². The van der Waals surface area contributed by atoms with E-state index in [1.165, 1.54) is 24.0 Å². The molecule has 1 saturated heterocycles. The molecule has 1 saturated carbocycles. The first-order valence-electron chi connectivity index (χ1n) is 8.15. The Bertz CT molecular complexity index is 651. The van der Waals surface area contributed by atoms with Gasteiger partial charge in [0.05, 0.1) is 7.11 Å². The maximum atomic E-state index is 5.29. The van der Waals surface area contributed by atoms with Gasteiger partial charge >= 0.3 is 0 Å². The first kappa shape index (κ1) is 13.8. The molecule has 0 radical (unpaired) electrons. The number of piperidine rings is 1. The van der Waals surface area contributed by atoms with E-state index in [0.717, 1.165) is 18.2 Å². The predicted molar refractivity (Wildman–Crippen MR) is 88.8 cm³/mol. The highest BCUT2D eigenvalue weighted by atomic mass is 16.5. The van der Waals surface area contributed by atoms with Gasteiger partial charge in [0.15, 0.2) is 0 Å². The zero-order chi connectivity index (χ0) is 15.2. The molecule has 0 aromatic heterocycles. The average Bonchev–Trinajstić information content (AvgIpc) is 3.15. The molecule has 0 amide bonds. The SMILES string of the molecule is COc1ccc(C2CC3C[C@@]3(C)N2Cc2ccccc2)cc1. The molecule has 3 atom stereocenters. The van der Waals surface area contributed by atoms with Gasteiger partial charge in [-0.15, -0.1) is 0 Å². The zero-order valence-corrected chi connectivity index (χ0v) is 13.3. The van der Waals surface area contributed by atoms with Gasteiger partial charge in [-0.2, -0.15) is 0 Å². The number of hydrogen-bond acceptors (Lipinski definition) is 2. The van der Waals surface area contributed by atoms with Crippen LogP contribution >= 0.6 is 0 Å². The van der Waals surface area contributed by atoms with Crippen LogP contribution in [0.1, 0.15) is 36.9 Å². The molecule has 1 heterocycles. The fraction of sp³-hybridized carbons (Fsp3) is 0.400. The number of hydrogen-bond donors (Lipinski definition) is 0. The van der Waals surface area contributed by atoms with Crippen molar-refractivity contribution >= 4 is 0 Å². The second kappa shape index (κ2) is 5.13. The van der Waals surface area contributed by atoms with Crippen LogP contribution in [0.4, 0.5) is 0 Å². The molecule has 0 spiro atoms. The molecule has 2 aromatic carbocycles. The summed E-state index contributed by atoms with van der Waals surface area (Å²) in [5, 5.41) is 0. The monoisotopic (exact) mass is 293 g/mol. The number of rotatable bonds is 4. The van der Waals surface area contributed by atoms with Gasteiger partial charge in [0.1, 0.15) is 5.75 Å². The smallest absolute Gasteiger partial charge is 0.118 e. The van der Waals surface area contributed by atoms with Crippen molar-refractivity contribution < 1.29 is 4.74 Å². The van der Waals surface area contributed by atoms with Crippen LogP contribution in [-0.2, 0) is 6.54 Å². The minimum Gasteiger partial charge on any atom is -0.497 e. The van der Waals surface area contributed by atoms with E-state index in [9.17, 15) is 0 Å². The third-order valence-corrected chi connectivity index (χ3v) is 5.62. The average molecular weight is 293 g/mol. The van der Waals surface area contributed by atoms with Crippen molar-refractivity contribution in [3.05, 3.63) is 65.7 Å². The Labute approximate surface area is 132 Å². The molecule has 2 aromatic rings. The zero-order valence-electron chi connectivity index (χ0n) is 13.3. The topological polar surface area (TPSA) is 12.5 Å². The first-order valence-corrected chi connectivity index (χ1v) is 8.15. The standard InChI is InChI=1S/C20H23NO/c1-20-13-17(20)12-19(16-8-10-18(22-2)11-9-16)21(20)14-15-6-4-3-5-7-15/h3-11,17,19H,12-14H2,1-2H3/t17?,19?,20-/m1/s1. The molecule has 114 valence electrons. The Kier molecular flexibility index (Phi) is 3.23. The predicted octanol–water partition coefficient (Wildman–Crippen LogP) is 4.42. The highest BCUT2D eigenvalue weighted by molar-refractivity contribution is 5.33. The van der Waals surface area contributed by atoms with Crippen molar-refractivity contribution in [2.24, 2.45) is 5.92 Å². The Balaban J connectivity index is 1.61. The molecule has 1 aliphatic heterocycles. The quantitative estimate of drug-likeness (QED) is 0.827. The van der Waals surface area contributed by atoms with E-state index in [1.807, 2.05) is 0 Å². The van der Waals surface area contributed by atoms with Gasteiger partial charge in [0.25, 0.3) is 0 Å². The highest BCUT2D eigenvalue weighted by Crippen LogP contribution is 2.62. The minimum absolute atomic E-state index is 0.403. The first-order chi connectivity index (χ1) is 10.7. The summed E-state index contributed by atoms with van der Waals surface area (Å²) in [4.78, 5) is 2.72. The van der Waals surface area contributed by atoms with Crippen molar-refractivity contribution in [1.82, 2.24) is 4.90 Å². The molecule has 2 aliphatic rings. The maximum Gasteiger partial charge on any atom is 0.118 e. The Hall–Kier alpha value is -1.80. The number of benzene rings is 2. The van der Waals surface area contributed by atoms with Crippen molar-refractivity contribution in [1.29, 1.82) is 0 Å². The van der Waals surface area contributed by atoms with Crippen molar-refractivity contribution in [2.45, 2.75) is 37.9 Å². The summed E-state index contributed by atoms with van der Waals surface area (Å²) < 4.78 is 5.29. The third-order valence-electron chi connectivity index (χ3n) is 5.62. The molecule has 0 N–H and O–H groups in total. The van der Waals surface area contributed by atoms with E-state index in [4.69, 9.17) is 4.74 Å². The lowest BCUT2D eigenvalue weighted by Gasteiger charge is -2.32. The van der Waals surface area contributed by atoms with Crippen LogP contribution < -0.4 is 4.74 Å². The summed E-state index contributed by atoms with van der Waals surface area (Å²) in [5.41, 5.74) is 3.24. The minimum atomic E-state index is 0.403. The third kappa shape index (κ3) is 2.22. The van der Waals surface area contributed by atoms with E-state index in [0.29, 0.717) is 11.6 Å². The second-order valence-corrected chi connectivity index (χ2v) is 6.90. The van der Waals surface area contributed by atoms with E-state index >= 15 is 0 Å². The molecule has 2 fully saturated rings. The van der Waals surface area contributed by atoms with Crippen LogP contribution in [0.5, 0.6) is 5.75 Å². The van der Waals surface area contributed by atoms with Crippen LogP contribution in [0, 0.1) is 5.92 Å². The fourth-order valence-corrected chi connectivity index (χ4v) is 4.09. The summed E-state index contributed by atoms with van der Waals surface area (Å²) >= 11 is 0. The molecular weight excluding hydrogens is 270 g/mol. The normalized spacial score (nSPS) is 30.1. The molecule has 22 heavy (non-hydrogen) atoms. The van der Waals surface area contributed by atoms with Gasteiger partial charge in [-0.3, -0.25) is 4.90 Å². The summed E-state index contributed by atoms with van der Waals surface area (Å²) in [5.74, 6) is 1.80. The van der Waals surface area contributed by atoms with Crippen LogP contribution in [0.25, 0.3) is 0 Å². The number of likely N-dealkylation sites (tertiary alicyclic amines) is 1. The molecule has 0 bridgehead atoms. The van der Waals surface area contributed by atoms with Gasteiger partial charge in [0.2, 0.25) is 0 Å². The lowest BCUT2D eigenvalue weighted by molar-refractivity contribution is 0.153. The Morgan fingerprint density at radius 3 is 2.50 bits per heavy atom. The van der Waals surface area contributed by atoms with Crippen LogP contribution in [0.3, 0.4) is 0 Å². The van der Waals surface area contributed by atoms with Gasteiger partial charge in [-0.25, -0.2) is 0 Å². The number of fused-ring (bicyclic) bond motifs is 1. The fourth-order valence-electron chi connectivity index (χ4n) is 4.09. The molecule has 2 heteroatoms. The van der Waals surface area contributed by atoms with Gasteiger partial charge in [-0.1, -0.05) is 42.5 Å². The van der Waals surface area contributed by atoms with E-state index in [1.54, 1.807) is 7.11 Å². The van der Waals surface area contributed by atoms with Crippen molar-refractivity contribution in [2.75, 3.05) is 7.11 Å². The molecule has 1 aliphatic carbocycles.